The first-order valence-corrected chi connectivity index (χ1v) is 8.27. The number of piperidine rings is 1. The Bertz CT molecular complexity index is 667. The lowest BCUT2D eigenvalue weighted by atomic mass is 10.1. The van der Waals surface area contributed by atoms with Crippen LogP contribution in [0.3, 0.4) is 0 Å². The zero-order chi connectivity index (χ0) is 16.9. The van der Waals surface area contributed by atoms with E-state index in [1.807, 2.05) is 18.7 Å². The molecule has 1 amide bonds. The Kier molecular flexibility index (Phi) is 5.08. The van der Waals surface area contributed by atoms with Crippen molar-refractivity contribution in [3.8, 4) is 5.88 Å². The molecule has 3 heterocycles. The van der Waals surface area contributed by atoms with Crippen molar-refractivity contribution >= 4 is 5.91 Å². The molecule has 0 aromatic carbocycles. The Morgan fingerprint density at radius 2 is 2.33 bits per heavy atom. The van der Waals surface area contributed by atoms with Gasteiger partial charge >= 0.3 is 0 Å². The molecule has 0 N–H and O–H groups in total. The predicted octanol–water partition coefficient (Wildman–Crippen LogP) is 2.08. The van der Waals surface area contributed by atoms with E-state index in [0.29, 0.717) is 25.3 Å². The fraction of sp³-hybridized carbons (Fsp3) is 0.529. The minimum absolute atomic E-state index is 0.0292. The standard InChI is InChI=1S/C17H22N4O3/c1-12-15(13(2)24-20-12)7-8-17(22)21-10-4-5-14(11-21)23-16-6-3-9-18-19-16/h3,6,9,14H,4-5,7-8,10-11H2,1-2H3/t14-/m0/s1. The van der Waals surface area contributed by atoms with Gasteiger partial charge in [-0.3, -0.25) is 4.79 Å². The molecule has 1 aliphatic heterocycles. The lowest BCUT2D eigenvalue weighted by Crippen LogP contribution is -2.44. The van der Waals surface area contributed by atoms with Gasteiger partial charge in [-0.15, -0.1) is 5.10 Å². The smallest absolute Gasteiger partial charge is 0.233 e. The van der Waals surface area contributed by atoms with Crippen molar-refractivity contribution in [3.63, 3.8) is 0 Å². The number of amides is 1. The zero-order valence-electron chi connectivity index (χ0n) is 14.1. The Morgan fingerprint density at radius 1 is 1.46 bits per heavy atom. The van der Waals surface area contributed by atoms with Crippen LogP contribution < -0.4 is 4.74 Å². The van der Waals surface area contributed by atoms with Crippen LogP contribution in [0.15, 0.2) is 22.9 Å². The van der Waals surface area contributed by atoms with Crippen LogP contribution in [0.25, 0.3) is 0 Å². The highest BCUT2D eigenvalue weighted by molar-refractivity contribution is 5.76. The summed E-state index contributed by atoms with van der Waals surface area (Å²) in [6.07, 6.45) is 4.55. The van der Waals surface area contributed by atoms with E-state index < -0.39 is 0 Å². The number of hydrogen-bond acceptors (Lipinski definition) is 6. The van der Waals surface area contributed by atoms with Crippen LogP contribution in [0.5, 0.6) is 5.88 Å². The second kappa shape index (κ2) is 7.42. The Morgan fingerprint density at radius 3 is 3.04 bits per heavy atom. The SMILES string of the molecule is Cc1noc(C)c1CCC(=O)N1CCC[C@H](Oc2cccnn2)C1. The largest absolute Gasteiger partial charge is 0.471 e. The average molecular weight is 330 g/mol. The first-order valence-electron chi connectivity index (χ1n) is 8.27. The fourth-order valence-corrected chi connectivity index (χ4v) is 3.03. The van der Waals surface area contributed by atoms with Crippen molar-refractivity contribution < 1.29 is 14.1 Å². The maximum absolute atomic E-state index is 12.5. The van der Waals surface area contributed by atoms with Crippen LogP contribution in [0.1, 0.15) is 36.3 Å². The number of rotatable bonds is 5. The molecule has 0 saturated carbocycles. The maximum atomic E-state index is 12.5. The minimum Gasteiger partial charge on any atom is -0.471 e. The average Bonchev–Trinajstić information content (AvgIpc) is 2.92. The van der Waals surface area contributed by atoms with Crippen molar-refractivity contribution in [3.05, 3.63) is 35.3 Å². The molecule has 0 aliphatic carbocycles. The van der Waals surface area contributed by atoms with Gasteiger partial charge in [0.25, 0.3) is 0 Å². The number of ether oxygens (including phenoxy) is 1. The number of carbonyl (C=O) groups excluding carboxylic acids is 1. The molecule has 2 aromatic rings. The van der Waals surface area contributed by atoms with E-state index in [0.717, 1.165) is 36.4 Å². The van der Waals surface area contributed by atoms with Gasteiger partial charge in [-0.1, -0.05) is 5.16 Å². The molecule has 24 heavy (non-hydrogen) atoms. The highest BCUT2D eigenvalue weighted by Gasteiger charge is 2.25. The summed E-state index contributed by atoms with van der Waals surface area (Å²) in [6, 6.07) is 3.57. The molecule has 128 valence electrons. The number of aryl methyl sites for hydroxylation is 2. The topological polar surface area (TPSA) is 81.4 Å². The zero-order valence-corrected chi connectivity index (χ0v) is 14.1. The van der Waals surface area contributed by atoms with Gasteiger partial charge in [-0.25, -0.2) is 0 Å². The van der Waals surface area contributed by atoms with Gasteiger partial charge < -0.3 is 14.2 Å². The summed E-state index contributed by atoms with van der Waals surface area (Å²) in [5.74, 6) is 1.44. The Hall–Kier alpha value is -2.44. The molecule has 1 saturated heterocycles. The second-order valence-electron chi connectivity index (χ2n) is 6.09. The van der Waals surface area contributed by atoms with Crippen LogP contribution >= 0.6 is 0 Å². The number of likely N-dealkylation sites (tertiary alicyclic amines) is 1. The third-order valence-electron chi connectivity index (χ3n) is 4.34. The van der Waals surface area contributed by atoms with Crippen molar-refractivity contribution in [2.75, 3.05) is 13.1 Å². The Labute approximate surface area is 141 Å². The van der Waals surface area contributed by atoms with E-state index in [4.69, 9.17) is 9.26 Å². The number of nitrogens with zero attached hydrogens (tertiary/aromatic N) is 4. The molecule has 0 radical (unpaired) electrons. The van der Waals surface area contributed by atoms with E-state index in [-0.39, 0.29) is 12.0 Å². The molecule has 3 rings (SSSR count). The van der Waals surface area contributed by atoms with Gasteiger partial charge in [0, 0.05) is 30.8 Å². The van der Waals surface area contributed by atoms with Crippen LogP contribution in [-0.4, -0.2) is 45.4 Å². The van der Waals surface area contributed by atoms with Crippen LogP contribution in [0.2, 0.25) is 0 Å². The molecule has 1 aliphatic rings. The van der Waals surface area contributed by atoms with Crippen molar-refractivity contribution in [1.82, 2.24) is 20.3 Å². The van der Waals surface area contributed by atoms with Crippen LogP contribution in [-0.2, 0) is 11.2 Å². The highest BCUT2D eigenvalue weighted by Crippen LogP contribution is 2.19. The van der Waals surface area contributed by atoms with Gasteiger partial charge in [0.1, 0.15) is 11.9 Å². The predicted molar refractivity (Wildman–Crippen MR) is 86.6 cm³/mol. The van der Waals surface area contributed by atoms with Gasteiger partial charge in [0.05, 0.1) is 12.2 Å². The minimum atomic E-state index is -0.0292. The second-order valence-corrected chi connectivity index (χ2v) is 6.09. The van der Waals surface area contributed by atoms with E-state index in [9.17, 15) is 4.79 Å². The van der Waals surface area contributed by atoms with Crippen molar-refractivity contribution in [1.29, 1.82) is 0 Å². The Balaban J connectivity index is 1.53. The van der Waals surface area contributed by atoms with Crippen LogP contribution in [0.4, 0.5) is 0 Å². The summed E-state index contributed by atoms with van der Waals surface area (Å²) >= 11 is 0. The third-order valence-corrected chi connectivity index (χ3v) is 4.34. The van der Waals surface area contributed by atoms with E-state index in [1.165, 1.54) is 0 Å². The van der Waals surface area contributed by atoms with Gasteiger partial charge in [0.2, 0.25) is 11.8 Å². The molecule has 7 heteroatoms. The summed E-state index contributed by atoms with van der Waals surface area (Å²) in [7, 11) is 0. The molecular formula is C17H22N4O3. The third kappa shape index (κ3) is 3.90. The number of carbonyl (C=O) groups is 1. The maximum Gasteiger partial charge on any atom is 0.233 e. The summed E-state index contributed by atoms with van der Waals surface area (Å²) in [4.78, 5) is 14.4. The molecular weight excluding hydrogens is 308 g/mol. The quantitative estimate of drug-likeness (QED) is 0.835. The van der Waals surface area contributed by atoms with Gasteiger partial charge in [0.15, 0.2) is 0 Å². The lowest BCUT2D eigenvalue weighted by molar-refractivity contribution is -0.133. The normalized spacial score (nSPS) is 17.8. The summed E-state index contributed by atoms with van der Waals surface area (Å²) in [6.45, 7) is 5.16. The molecule has 1 atom stereocenters. The molecule has 0 bridgehead atoms. The molecule has 1 fully saturated rings. The van der Waals surface area contributed by atoms with E-state index in [1.54, 1.807) is 18.3 Å². The van der Waals surface area contributed by atoms with Gasteiger partial charge in [-0.05, 0) is 39.2 Å². The van der Waals surface area contributed by atoms with Crippen molar-refractivity contribution in [2.45, 2.75) is 45.6 Å². The number of aromatic nitrogens is 3. The molecule has 0 spiro atoms. The lowest BCUT2D eigenvalue weighted by Gasteiger charge is -2.32. The highest BCUT2D eigenvalue weighted by atomic mass is 16.5. The first-order chi connectivity index (χ1) is 11.6. The van der Waals surface area contributed by atoms with Crippen LogP contribution in [0, 0.1) is 13.8 Å². The van der Waals surface area contributed by atoms with E-state index in [2.05, 4.69) is 15.4 Å². The molecule has 2 aromatic heterocycles. The van der Waals surface area contributed by atoms with E-state index >= 15 is 0 Å². The molecule has 0 unspecified atom stereocenters. The van der Waals surface area contributed by atoms with Gasteiger partial charge in [-0.2, -0.15) is 5.10 Å². The summed E-state index contributed by atoms with van der Waals surface area (Å²) < 4.78 is 11.0. The fourth-order valence-electron chi connectivity index (χ4n) is 3.03. The molecule has 7 nitrogen and oxygen atoms in total. The summed E-state index contributed by atoms with van der Waals surface area (Å²) in [5, 5.41) is 11.7. The number of hydrogen-bond donors (Lipinski definition) is 0. The summed E-state index contributed by atoms with van der Waals surface area (Å²) in [5.41, 5.74) is 1.90. The first kappa shape index (κ1) is 16.4. The van der Waals surface area contributed by atoms with Crippen molar-refractivity contribution in [2.24, 2.45) is 0 Å². The monoisotopic (exact) mass is 330 g/mol.